The SMILES string of the molecule is CCCCCC[Si]([O-])(CCCCCC)CCCCCC.CCCCCC[Si]([O-])(CCCCCC)CCCCCC.[Si+4].c1ccc2cc3c(cc2c1)-c1nc2nc(nc4[n-]c(nc5[n-]c(nc-3n1)c1cc3ccccc3cc51)c1cc3ccccc3cc41)-c1cc3ccccc3cc1-2. The quantitative estimate of drug-likeness (QED) is 0.0314. The van der Waals surface area contributed by atoms with Gasteiger partial charge in [0.25, 0.3) is 0 Å². The van der Waals surface area contributed by atoms with E-state index >= 15 is 0 Å². The van der Waals surface area contributed by atoms with Crippen LogP contribution in [0.2, 0.25) is 36.3 Å². The van der Waals surface area contributed by atoms with E-state index in [2.05, 4.69) is 139 Å². The fourth-order valence-corrected chi connectivity index (χ4v) is 21.3. The van der Waals surface area contributed by atoms with Gasteiger partial charge >= 0.3 is 11.0 Å². The van der Waals surface area contributed by atoms with Gasteiger partial charge in [0.2, 0.25) is 0 Å². The van der Waals surface area contributed by atoms with Crippen LogP contribution in [0.1, 0.15) is 196 Å². The maximum Gasteiger partial charge on any atom is 4.00 e. The van der Waals surface area contributed by atoms with E-state index in [1.807, 2.05) is 48.5 Å². The van der Waals surface area contributed by atoms with Gasteiger partial charge in [-0.15, -0.1) is 0 Å². The second kappa shape index (κ2) is 35.5. The predicted octanol–water partition coefficient (Wildman–Crippen LogP) is 22.4. The fraction of sp³-hybridized carbons (Fsp3) is 0.429. The molecular formula is C84H102N8O2Si3. The van der Waals surface area contributed by atoms with E-state index in [-0.39, 0.29) is 11.0 Å². The first kappa shape index (κ1) is 72.5. The molecule has 0 saturated carbocycles. The molecule has 0 fully saturated rings. The van der Waals surface area contributed by atoms with Crippen molar-refractivity contribution in [2.45, 2.75) is 232 Å². The minimum absolute atomic E-state index is 0. The molecular weight excluding hydrogens is 1240 g/mol. The minimum Gasteiger partial charge on any atom is -0.858 e. The van der Waals surface area contributed by atoms with E-state index in [0.29, 0.717) is 45.9 Å². The molecule has 5 heterocycles. The largest absolute Gasteiger partial charge is 4.00 e. The molecule has 97 heavy (non-hydrogen) atoms. The third kappa shape index (κ3) is 18.3. The number of benzene rings is 8. The Hall–Kier alpha value is -7.27. The maximum absolute atomic E-state index is 13.1. The van der Waals surface area contributed by atoms with Crippen molar-refractivity contribution in [1.29, 1.82) is 0 Å². The van der Waals surface area contributed by atoms with Gasteiger partial charge in [0.05, 0.1) is 11.6 Å². The molecule has 2 aliphatic heterocycles. The van der Waals surface area contributed by atoms with Gasteiger partial charge in [-0.05, 0) is 130 Å². The summed E-state index contributed by atoms with van der Waals surface area (Å²) in [7, 11) is -4.30. The smallest absolute Gasteiger partial charge is 0.858 e. The molecule has 0 amide bonds. The Bertz CT molecular complexity index is 4220. The van der Waals surface area contributed by atoms with Crippen molar-refractivity contribution in [3.05, 3.63) is 146 Å². The molecule has 0 saturated heterocycles. The summed E-state index contributed by atoms with van der Waals surface area (Å²) in [4.78, 5) is 67.8. The van der Waals surface area contributed by atoms with Gasteiger partial charge in [-0.2, -0.15) is 0 Å². The van der Waals surface area contributed by atoms with Crippen LogP contribution >= 0.6 is 0 Å². The van der Waals surface area contributed by atoms with Gasteiger partial charge in [0.1, 0.15) is 0 Å². The predicted molar refractivity (Wildman–Crippen MR) is 415 cm³/mol. The Labute approximate surface area is 583 Å². The van der Waals surface area contributed by atoms with Crippen LogP contribution in [0.25, 0.3) is 133 Å². The summed E-state index contributed by atoms with van der Waals surface area (Å²) >= 11 is 0. The summed E-state index contributed by atoms with van der Waals surface area (Å²) < 4.78 is 0. The minimum atomic E-state index is -2.15. The van der Waals surface area contributed by atoms with Crippen LogP contribution in [-0.4, -0.2) is 57.5 Å². The molecule has 0 unspecified atom stereocenters. The van der Waals surface area contributed by atoms with Crippen LogP contribution in [0.5, 0.6) is 0 Å². The van der Waals surface area contributed by atoms with E-state index in [0.717, 1.165) is 123 Å². The van der Waals surface area contributed by atoms with E-state index in [1.54, 1.807) is 0 Å². The van der Waals surface area contributed by atoms with Gasteiger partial charge in [-0.3, -0.25) is 0 Å². The zero-order valence-electron chi connectivity index (χ0n) is 59.0. The fourth-order valence-electron chi connectivity index (χ4n) is 14.4. The zero-order chi connectivity index (χ0) is 66.7. The molecule has 11 aromatic rings. The molecule has 10 nitrogen and oxygen atoms in total. The summed E-state index contributed by atoms with van der Waals surface area (Å²) in [5, 5.41) is 12.2. The second-order valence-electron chi connectivity index (χ2n) is 27.7. The Morgan fingerprint density at radius 1 is 0.258 bits per heavy atom. The summed E-state index contributed by atoms with van der Waals surface area (Å²) in [6, 6.07) is 56.8. The summed E-state index contributed by atoms with van der Waals surface area (Å²) in [6.45, 7) is 13.5. The normalized spacial score (nSPS) is 12.0. The molecule has 2 aliphatic rings. The molecule has 0 N–H and O–H groups in total. The number of hydrogen-bond donors (Lipinski definition) is 0. The zero-order valence-corrected chi connectivity index (χ0v) is 62.0. The molecule has 8 aromatic carbocycles. The Balaban J connectivity index is 0.000000207. The van der Waals surface area contributed by atoms with Crippen molar-refractivity contribution in [3.63, 3.8) is 0 Å². The van der Waals surface area contributed by atoms with Crippen molar-refractivity contribution in [2.75, 3.05) is 0 Å². The van der Waals surface area contributed by atoms with Crippen molar-refractivity contribution in [1.82, 2.24) is 39.9 Å². The van der Waals surface area contributed by atoms with Gasteiger partial charge in [0.15, 0.2) is 11.6 Å². The van der Waals surface area contributed by atoms with Gasteiger partial charge < -0.3 is 34.5 Å². The third-order valence-corrected chi connectivity index (χ3v) is 27.7. The number of unbranched alkanes of at least 4 members (excludes halogenated alkanes) is 18. The van der Waals surface area contributed by atoms with Crippen LogP contribution in [-0.2, 0) is 0 Å². The Morgan fingerprint density at radius 2 is 0.454 bits per heavy atom. The van der Waals surface area contributed by atoms with E-state index in [9.17, 15) is 9.59 Å². The second-order valence-corrected chi connectivity index (χ2v) is 35.4. The molecule has 0 atom stereocenters. The average Bonchev–Trinajstić information content (AvgIpc) is 1.60. The number of fused-ring (bicyclic) bond motifs is 24. The first-order chi connectivity index (χ1) is 47.0. The van der Waals surface area contributed by atoms with Gasteiger partial charge in [0, 0.05) is 44.8 Å². The van der Waals surface area contributed by atoms with Crippen molar-refractivity contribution >= 4 is 115 Å². The first-order valence-electron chi connectivity index (χ1n) is 37.3. The molecule has 0 spiro atoms. The molecule has 502 valence electrons. The standard InChI is InChI=1S/C48H24N8.2C18H39OSi.Si/c1-2-10-26-18-34-33(17-25(26)9-1)41-49-42(34)54-44-37-21-29-13-5-6-14-30(29)22-38(37)46(51-44)56-48-40-24-32-16-8-7-15-31(32)23-39(40)47(52-48)55-45-36-20-28-12-4-3-11-27(28)19-35(36)43(50-45)53-41;2*1-4-7-10-13-16-20(19,17-14-11-8-5-2)18-15-12-9-6-3;/h1-24H;2*4-18H2,1-3H3;/q-2;2*-1;+4. The summed E-state index contributed by atoms with van der Waals surface area (Å²) in [5.41, 5.74) is 5.67. The van der Waals surface area contributed by atoms with Gasteiger partial charge in [-0.1, -0.05) is 329 Å². The Morgan fingerprint density at radius 3 is 0.670 bits per heavy atom. The third-order valence-electron chi connectivity index (χ3n) is 20.1. The van der Waals surface area contributed by atoms with Crippen molar-refractivity contribution in [3.8, 4) is 45.6 Å². The summed E-state index contributed by atoms with van der Waals surface area (Å²) in [6.07, 6.45) is 30.6. The topological polar surface area (TPSA) is 152 Å². The molecule has 13 rings (SSSR count). The number of nitrogens with zero attached hydrogens (tertiary/aromatic N) is 8. The molecule has 3 aromatic heterocycles. The number of hydrogen-bond acceptors (Lipinski definition) is 8. The van der Waals surface area contributed by atoms with Crippen molar-refractivity contribution < 1.29 is 9.59 Å². The molecule has 13 heteroatoms. The van der Waals surface area contributed by atoms with E-state index in [1.165, 1.54) is 154 Å². The van der Waals surface area contributed by atoms with Crippen molar-refractivity contribution in [2.24, 2.45) is 0 Å². The number of rotatable bonds is 30. The molecule has 8 bridgehead atoms. The van der Waals surface area contributed by atoms with Crippen LogP contribution in [0.15, 0.2) is 146 Å². The van der Waals surface area contributed by atoms with E-state index in [4.69, 9.17) is 39.9 Å². The van der Waals surface area contributed by atoms with Crippen LogP contribution in [0, 0.1) is 0 Å². The summed E-state index contributed by atoms with van der Waals surface area (Å²) in [5.74, 6) is 2.14. The molecule has 0 radical (unpaired) electrons. The van der Waals surface area contributed by atoms with Crippen LogP contribution in [0.4, 0.5) is 0 Å². The first-order valence-corrected chi connectivity index (χ1v) is 42.3. The van der Waals surface area contributed by atoms with E-state index < -0.39 is 16.6 Å². The van der Waals surface area contributed by atoms with Gasteiger partial charge in [-0.25, -0.2) is 15.0 Å². The maximum atomic E-state index is 13.1. The molecule has 0 aliphatic carbocycles. The van der Waals surface area contributed by atoms with Crippen LogP contribution < -0.4 is 19.6 Å². The Kier molecular flexibility index (Phi) is 26.5. The monoisotopic (exact) mass is 1340 g/mol. The average molecular weight is 1340 g/mol. The van der Waals surface area contributed by atoms with Crippen LogP contribution in [0.3, 0.4) is 0 Å². The number of aromatic nitrogens is 8.